The fourth-order valence-electron chi connectivity index (χ4n) is 2.11. The summed E-state index contributed by atoms with van der Waals surface area (Å²) in [5.74, 6) is -0.754. The van der Waals surface area contributed by atoms with Gasteiger partial charge in [0.25, 0.3) is 0 Å². The van der Waals surface area contributed by atoms with E-state index in [4.69, 9.17) is 4.74 Å². The molecule has 20 heavy (non-hydrogen) atoms. The largest absolute Gasteiger partial charge is 0.496 e. The number of methoxy groups -OCH3 is 1. The lowest BCUT2D eigenvalue weighted by atomic mass is 9.97. The Hall–Kier alpha value is -1.94. The van der Waals surface area contributed by atoms with Gasteiger partial charge in [0.15, 0.2) is 0 Å². The van der Waals surface area contributed by atoms with E-state index >= 15 is 0 Å². The molecule has 1 unspecified atom stereocenters. The highest BCUT2D eigenvalue weighted by Gasteiger charge is 2.20. The Morgan fingerprint density at radius 3 is 2.35 bits per heavy atom. The van der Waals surface area contributed by atoms with Gasteiger partial charge in [-0.25, -0.2) is 8.78 Å². The van der Waals surface area contributed by atoms with Crippen molar-refractivity contribution >= 4 is 0 Å². The second-order valence-corrected chi connectivity index (χ2v) is 4.77. The van der Waals surface area contributed by atoms with E-state index in [-0.39, 0.29) is 11.1 Å². The summed E-state index contributed by atoms with van der Waals surface area (Å²) in [6.45, 7) is 3.32. The van der Waals surface area contributed by atoms with Gasteiger partial charge in [-0.05, 0) is 43.7 Å². The van der Waals surface area contributed by atoms with Gasteiger partial charge in [-0.15, -0.1) is 0 Å². The molecular formula is C16H16F2O2. The average molecular weight is 278 g/mol. The molecule has 0 spiro atoms. The molecule has 0 saturated carbocycles. The molecule has 2 aromatic carbocycles. The van der Waals surface area contributed by atoms with Crippen LogP contribution >= 0.6 is 0 Å². The minimum absolute atomic E-state index is 0.1000. The molecule has 0 bridgehead atoms. The molecule has 2 rings (SSSR count). The van der Waals surface area contributed by atoms with Crippen LogP contribution < -0.4 is 4.74 Å². The molecule has 0 aromatic heterocycles. The third-order valence-electron chi connectivity index (χ3n) is 3.25. The molecule has 0 radical (unpaired) electrons. The normalized spacial score (nSPS) is 12.3. The lowest BCUT2D eigenvalue weighted by Gasteiger charge is -2.17. The van der Waals surface area contributed by atoms with Gasteiger partial charge >= 0.3 is 0 Å². The van der Waals surface area contributed by atoms with Gasteiger partial charge in [0, 0.05) is 11.1 Å². The summed E-state index contributed by atoms with van der Waals surface area (Å²) >= 11 is 0. The lowest BCUT2D eigenvalue weighted by Crippen LogP contribution is -2.06. The quantitative estimate of drug-likeness (QED) is 0.928. The smallest absolute Gasteiger partial charge is 0.129 e. The van der Waals surface area contributed by atoms with Crippen LogP contribution in [0.2, 0.25) is 0 Å². The van der Waals surface area contributed by atoms with Crippen molar-refractivity contribution in [1.82, 2.24) is 0 Å². The van der Waals surface area contributed by atoms with Gasteiger partial charge in [-0.1, -0.05) is 11.6 Å². The number of hydrogen-bond acceptors (Lipinski definition) is 2. The van der Waals surface area contributed by atoms with Crippen LogP contribution in [0.3, 0.4) is 0 Å². The van der Waals surface area contributed by atoms with E-state index in [1.54, 1.807) is 12.1 Å². The van der Waals surface area contributed by atoms with E-state index in [1.807, 2.05) is 13.0 Å². The van der Waals surface area contributed by atoms with Gasteiger partial charge in [-0.2, -0.15) is 0 Å². The minimum Gasteiger partial charge on any atom is -0.496 e. The Bertz CT molecular complexity index is 639. The number of benzene rings is 2. The zero-order chi connectivity index (χ0) is 14.9. The van der Waals surface area contributed by atoms with Crippen LogP contribution in [0.4, 0.5) is 8.78 Å². The number of aliphatic hydroxyl groups is 1. The predicted molar refractivity (Wildman–Crippen MR) is 72.9 cm³/mol. The molecule has 4 heteroatoms. The molecule has 1 N–H and O–H groups in total. The number of halogens is 2. The Morgan fingerprint density at radius 2 is 1.70 bits per heavy atom. The average Bonchev–Trinajstić information content (AvgIpc) is 2.42. The van der Waals surface area contributed by atoms with Crippen molar-refractivity contribution < 1.29 is 18.6 Å². The van der Waals surface area contributed by atoms with Crippen LogP contribution in [0.15, 0.2) is 30.3 Å². The highest BCUT2D eigenvalue weighted by Crippen LogP contribution is 2.32. The Labute approximate surface area is 116 Å². The summed E-state index contributed by atoms with van der Waals surface area (Å²) in [4.78, 5) is 0. The van der Waals surface area contributed by atoms with Gasteiger partial charge in [0.2, 0.25) is 0 Å². The van der Waals surface area contributed by atoms with Crippen molar-refractivity contribution in [2.24, 2.45) is 0 Å². The summed E-state index contributed by atoms with van der Waals surface area (Å²) in [5.41, 5.74) is 1.41. The maximum Gasteiger partial charge on any atom is 0.129 e. The van der Waals surface area contributed by atoms with Crippen LogP contribution in [0, 0.1) is 25.5 Å². The topological polar surface area (TPSA) is 29.5 Å². The van der Waals surface area contributed by atoms with Crippen LogP contribution in [0.1, 0.15) is 28.4 Å². The Kier molecular flexibility index (Phi) is 4.04. The standard InChI is InChI=1S/C16H16F2O2/c1-9-4-5-15(20-3)12(6-9)16(19)11-8-13(17)10(2)7-14(11)18/h4-8,16,19H,1-3H3. The SMILES string of the molecule is COc1ccc(C)cc1C(O)c1cc(F)c(C)cc1F. The van der Waals surface area contributed by atoms with Crippen molar-refractivity contribution in [1.29, 1.82) is 0 Å². The number of ether oxygens (including phenoxy) is 1. The molecule has 2 aromatic rings. The van der Waals surface area contributed by atoms with E-state index in [0.29, 0.717) is 11.3 Å². The molecule has 0 aliphatic carbocycles. The van der Waals surface area contributed by atoms with E-state index in [9.17, 15) is 13.9 Å². The van der Waals surface area contributed by atoms with Crippen molar-refractivity contribution in [3.05, 3.63) is 64.2 Å². The monoisotopic (exact) mass is 278 g/mol. The van der Waals surface area contributed by atoms with E-state index < -0.39 is 17.7 Å². The Morgan fingerprint density at radius 1 is 1.00 bits per heavy atom. The highest BCUT2D eigenvalue weighted by molar-refractivity contribution is 5.43. The van der Waals surface area contributed by atoms with E-state index in [1.165, 1.54) is 14.0 Å². The maximum absolute atomic E-state index is 13.9. The summed E-state index contributed by atoms with van der Waals surface area (Å²) in [7, 11) is 1.47. The van der Waals surface area contributed by atoms with Gasteiger partial charge in [0.1, 0.15) is 23.5 Å². The first-order chi connectivity index (χ1) is 9.43. The van der Waals surface area contributed by atoms with Crippen LogP contribution in [0.25, 0.3) is 0 Å². The molecule has 0 fully saturated rings. The third kappa shape index (κ3) is 2.65. The molecular weight excluding hydrogens is 262 g/mol. The molecule has 0 heterocycles. The Balaban J connectivity index is 2.54. The zero-order valence-corrected chi connectivity index (χ0v) is 11.6. The third-order valence-corrected chi connectivity index (χ3v) is 3.25. The summed E-state index contributed by atoms with van der Waals surface area (Å²) in [6.07, 6.45) is -1.28. The molecule has 2 nitrogen and oxygen atoms in total. The van der Waals surface area contributed by atoms with Crippen LogP contribution in [-0.4, -0.2) is 12.2 Å². The first-order valence-corrected chi connectivity index (χ1v) is 6.22. The van der Waals surface area contributed by atoms with Crippen molar-refractivity contribution in [3.8, 4) is 5.75 Å². The molecule has 106 valence electrons. The molecule has 0 amide bonds. The van der Waals surface area contributed by atoms with Gasteiger partial charge < -0.3 is 9.84 Å². The number of hydrogen-bond donors (Lipinski definition) is 1. The molecule has 0 aliphatic heterocycles. The van der Waals surface area contributed by atoms with Gasteiger partial charge in [-0.3, -0.25) is 0 Å². The first kappa shape index (κ1) is 14.5. The summed E-state index contributed by atoms with van der Waals surface area (Å²) in [6, 6.07) is 7.31. The van der Waals surface area contributed by atoms with E-state index in [2.05, 4.69) is 0 Å². The van der Waals surface area contributed by atoms with Crippen LogP contribution in [-0.2, 0) is 0 Å². The van der Waals surface area contributed by atoms with Crippen molar-refractivity contribution in [2.45, 2.75) is 20.0 Å². The van der Waals surface area contributed by atoms with Crippen molar-refractivity contribution in [3.63, 3.8) is 0 Å². The van der Waals surface area contributed by atoms with Crippen LogP contribution in [0.5, 0.6) is 5.75 Å². The molecule has 0 saturated heterocycles. The van der Waals surface area contributed by atoms with Gasteiger partial charge in [0.05, 0.1) is 7.11 Å². The molecule has 1 atom stereocenters. The summed E-state index contributed by atoms with van der Waals surface area (Å²) in [5, 5.41) is 10.3. The van der Waals surface area contributed by atoms with E-state index in [0.717, 1.165) is 17.7 Å². The predicted octanol–water partition coefficient (Wildman–Crippen LogP) is 3.67. The number of aliphatic hydroxyl groups excluding tert-OH is 1. The lowest BCUT2D eigenvalue weighted by molar-refractivity contribution is 0.209. The maximum atomic E-state index is 13.9. The summed E-state index contributed by atoms with van der Waals surface area (Å²) < 4.78 is 32.7. The second kappa shape index (κ2) is 5.59. The van der Waals surface area contributed by atoms with Crippen molar-refractivity contribution in [2.75, 3.05) is 7.11 Å². The first-order valence-electron chi connectivity index (χ1n) is 6.22. The fraction of sp³-hybridized carbons (Fsp3) is 0.250. The second-order valence-electron chi connectivity index (χ2n) is 4.77. The zero-order valence-electron chi connectivity index (χ0n) is 11.6. The number of rotatable bonds is 3. The highest BCUT2D eigenvalue weighted by atomic mass is 19.1. The number of aryl methyl sites for hydroxylation is 2. The minimum atomic E-state index is -1.28. The fourth-order valence-corrected chi connectivity index (χ4v) is 2.11. The molecule has 0 aliphatic rings.